The van der Waals surface area contributed by atoms with Crippen LogP contribution in [0.4, 0.5) is 15.8 Å². The summed E-state index contributed by atoms with van der Waals surface area (Å²) < 4.78 is 13.1. The highest BCUT2D eigenvalue weighted by atomic mass is 19.1. The Balaban J connectivity index is 2.11. The van der Waals surface area contributed by atoms with Crippen LogP contribution in [0.25, 0.3) is 0 Å². The van der Waals surface area contributed by atoms with Crippen molar-refractivity contribution in [2.75, 3.05) is 18.0 Å². The summed E-state index contributed by atoms with van der Waals surface area (Å²) in [6.07, 6.45) is 1.43. The zero-order chi connectivity index (χ0) is 14.7. The van der Waals surface area contributed by atoms with Crippen molar-refractivity contribution in [3.8, 4) is 0 Å². The van der Waals surface area contributed by atoms with Crippen molar-refractivity contribution < 1.29 is 14.1 Å². The van der Waals surface area contributed by atoms with Gasteiger partial charge in [0, 0.05) is 26.1 Å². The van der Waals surface area contributed by atoms with Gasteiger partial charge in [0.1, 0.15) is 11.5 Å². The minimum atomic E-state index is -0.617. The van der Waals surface area contributed by atoms with E-state index in [0.717, 1.165) is 6.07 Å². The Morgan fingerprint density at radius 1 is 1.45 bits per heavy atom. The number of nitro benzene ring substituents is 1. The molecule has 0 aromatic heterocycles. The van der Waals surface area contributed by atoms with Crippen molar-refractivity contribution in [1.82, 2.24) is 5.32 Å². The van der Waals surface area contributed by atoms with Gasteiger partial charge in [0.25, 0.3) is 5.69 Å². The molecule has 1 aromatic rings. The molecule has 20 heavy (non-hydrogen) atoms. The third-order valence-electron chi connectivity index (χ3n) is 3.38. The van der Waals surface area contributed by atoms with Crippen molar-refractivity contribution in [1.29, 1.82) is 0 Å². The molecule has 1 heterocycles. The number of nitrogens with zero attached hydrogens (tertiary/aromatic N) is 2. The Bertz CT molecular complexity index is 528. The number of nitrogens with one attached hydrogen (secondary N) is 1. The van der Waals surface area contributed by atoms with E-state index in [4.69, 9.17) is 0 Å². The molecule has 0 saturated carbocycles. The minimum absolute atomic E-state index is 0.0730. The summed E-state index contributed by atoms with van der Waals surface area (Å²) in [7, 11) is 0. The lowest BCUT2D eigenvalue weighted by Gasteiger charge is -2.33. The van der Waals surface area contributed by atoms with E-state index in [1.54, 1.807) is 0 Å². The second-order valence-electron chi connectivity index (χ2n) is 4.85. The molecule has 1 aromatic carbocycles. The Morgan fingerprint density at radius 3 is 2.65 bits per heavy atom. The maximum Gasteiger partial charge on any atom is 0.295 e. The number of hydrogen-bond acceptors (Lipinski definition) is 4. The van der Waals surface area contributed by atoms with Crippen LogP contribution in [-0.2, 0) is 4.79 Å². The first-order valence-electron chi connectivity index (χ1n) is 6.43. The number of rotatable bonds is 3. The summed E-state index contributed by atoms with van der Waals surface area (Å²) in [6, 6.07) is 3.70. The standard InChI is InChI=1S/C13H16FN3O3/c1-9(18)15-11-4-6-16(7-5-11)12-3-2-10(14)8-13(12)17(19)20/h2-3,8,11H,4-7H2,1H3,(H,15,18). The van der Waals surface area contributed by atoms with Crippen LogP contribution < -0.4 is 10.2 Å². The SMILES string of the molecule is CC(=O)NC1CCN(c2ccc(F)cc2[N+](=O)[O-])CC1. The summed E-state index contributed by atoms with van der Waals surface area (Å²) in [5.74, 6) is -0.690. The van der Waals surface area contributed by atoms with Crippen LogP contribution in [0.2, 0.25) is 0 Å². The molecule has 1 aliphatic heterocycles. The Kier molecular flexibility index (Phi) is 4.16. The molecule has 0 bridgehead atoms. The van der Waals surface area contributed by atoms with Gasteiger partial charge >= 0.3 is 0 Å². The molecule has 108 valence electrons. The Morgan fingerprint density at radius 2 is 2.10 bits per heavy atom. The number of amides is 1. The molecular weight excluding hydrogens is 265 g/mol. The van der Waals surface area contributed by atoms with E-state index in [1.807, 2.05) is 4.90 Å². The molecule has 2 rings (SSSR count). The largest absolute Gasteiger partial charge is 0.366 e. The van der Waals surface area contributed by atoms with Crippen molar-refractivity contribution >= 4 is 17.3 Å². The van der Waals surface area contributed by atoms with Crippen LogP contribution in [-0.4, -0.2) is 30.0 Å². The van der Waals surface area contributed by atoms with Gasteiger partial charge in [-0.2, -0.15) is 0 Å². The smallest absolute Gasteiger partial charge is 0.295 e. The Hall–Kier alpha value is -2.18. The lowest BCUT2D eigenvalue weighted by atomic mass is 10.0. The fourth-order valence-corrected chi connectivity index (χ4v) is 2.46. The number of halogens is 1. The van der Waals surface area contributed by atoms with Crippen molar-refractivity contribution in [2.45, 2.75) is 25.8 Å². The van der Waals surface area contributed by atoms with Crippen molar-refractivity contribution in [2.24, 2.45) is 0 Å². The van der Waals surface area contributed by atoms with E-state index in [1.165, 1.54) is 19.1 Å². The number of carbonyl (C=O) groups is 1. The molecule has 1 saturated heterocycles. The van der Waals surface area contributed by atoms with E-state index in [9.17, 15) is 19.3 Å². The van der Waals surface area contributed by atoms with E-state index in [0.29, 0.717) is 31.6 Å². The number of nitro groups is 1. The van der Waals surface area contributed by atoms with Gasteiger partial charge in [0.2, 0.25) is 5.91 Å². The molecule has 7 heteroatoms. The van der Waals surface area contributed by atoms with Gasteiger partial charge in [-0.1, -0.05) is 0 Å². The van der Waals surface area contributed by atoms with E-state index < -0.39 is 10.7 Å². The monoisotopic (exact) mass is 281 g/mol. The summed E-state index contributed by atoms with van der Waals surface area (Å²) >= 11 is 0. The second-order valence-corrected chi connectivity index (χ2v) is 4.85. The zero-order valence-electron chi connectivity index (χ0n) is 11.1. The third kappa shape index (κ3) is 3.23. The summed E-state index contributed by atoms with van der Waals surface area (Å²) in [5.41, 5.74) is 0.209. The van der Waals surface area contributed by atoms with E-state index in [2.05, 4.69) is 5.32 Å². The van der Waals surface area contributed by atoms with Crippen LogP contribution >= 0.6 is 0 Å². The molecular formula is C13H16FN3O3. The molecule has 1 fully saturated rings. The number of benzene rings is 1. The van der Waals surface area contributed by atoms with Crippen molar-refractivity contribution in [3.63, 3.8) is 0 Å². The van der Waals surface area contributed by atoms with Crippen LogP contribution in [0.15, 0.2) is 18.2 Å². The van der Waals surface area contributed by atoms with Crippen molar-refractivity contribution in [3.05, 3.63) is 34.1 Å². The van der Waals surface area contributed by atoms with Gasteiger partial charge < -0.3 is 10.2 Å². The van der Waals surface area contributed by atoms with Crippen LogP contribution in [0, 0.1) is 15.9 Å². The predicted molar refractivity (Wildman–Crippen MR) is 72.1 cm³/mol. The van der Waals surface area contributed by atoms with Crippen LogP contribution in [0.3, 0.4) is 0 Å². The zero-order valence-corrected chi connectivity index (χ0v) is 11.1. The number of anilines is 1. The number of carbonyl (C=O) groups excluding carboxylic acids is 1. The van der Waals surface area contributed by atoms with Gasteiger partial charge in [0.05, 0.1) is 11.0 Å². The second kappa shape index (κ2) is 5.85. The first-order valence-corrected chi connectivity index (χ1v) is 6.43. The highest BCUT2D eigenvalue weighted by molar-refractivity contribution is 5.73. The topological polar surface area (TPSA) is 75.5 Å². The first-order chi connectivity index (χ1) is 9.47. The molecule has 0 spiro atoms. The Labute approximate surface area is 115 Å². The lowest BCUT2D eigenvalue weighted by Crippen LogP contribution is -2.44. The number of hydrogen-bond donors (Lipinski definition) is 1. The predicted octanol–water partition coefficient (Wildman–Crippen LogP) is 1.84. The molecule has 1 amide bonds. The average Bonchev–Trinajstić information content (AvgIpc) is 2.39. The molecule has 0 aliphatic carbocycles. The molecule has 6 nitrogen and oxygen atoms in total. The van der Waals surface area contributed by atoms with Crippen LogP contribution in [0.1, 0.15) is 19.8 Å². The molecule has 0 atom stereocenters. The van der Waals surface area contributed by atoms with Gasteiger partial charge in [-0.15, -0.1) is 0 Å². The van der Waals surface area contributed by atoms with Gasteiger partial charge in [-0.05, 0) is 25.0 Å². The summed E-state index contributed by atoms with van der Waals surface area (Å²) in [4.78, 5) is 23.3. The third-order valence-corrected chi connectivity index (χ3v) is 3.38. The molecule has 1 N–H and O–H groups in total. The van der Waals surface area contributed by atoms with E-state index >= 15 is 0 Å². The fraction of sp³-hybridized carbons (Fsp3) is 0.462. The molecule has 0 unspecified atom stereocenters. The highest BCUT2D eigenvalue weighted by Crippen LogP contribution is 2.30. The fourth-order valence-electron chi connectivity index (χ4n) is 2.46. The minimum Gasteiger partial charge on any atom is -0.366 e. The van der Waals surface area contributed by atoms with Gasteiger partial charge in [-0.3, -0.25) is 14.9 Å². The quantitative estimate of drug-likeness (QED) is 0.677. The average molecular weight is 281 g/mol. The normalized spacial score (nSPS) is 16.0. The summed E-state index contributed by atoms with van der Waals surface area (Å²) in [6.45, 7) is 2.66. The molecule has 0 radical (unpaired) electrons. The summed E-state index contributed by atoms with van der Waals surface area (Å²) in [5, 5.41) is 13.8. The maximum atomic E-state index is 13.1. The maximum absolute atomic E-state index is 13.1. The van der Waals surface area contributed by atoms with Gasteiger partial charge in [-0.25, -0.2) is 4.39 Å². The number of piperidine rings is 1. The van der Waals surface area contributed by atoms with Gasteiger partial charge in [0.15, 0.2) is 0 Å². The van der Waals surface area contributed by atoms with Crippen LogP contribution in [0.5, 0.6) is 0 Å². The van der Waals surface area contributed by atoms with E-state index in [-0.39, 0.29) is 17.6 Å². The lowest BCUT2D eigenvalue weighted by molar-refractivity contribution is -0.384. The first kappa shape index (κ1) is 14.2. The molecule has 1 aliphatic rings. The highest BCUT2D eigenvalue weighted by Gasteiger charge is 2.25.